The number of aryl methyl sites for hydroxylation is 1. The number of para-hydroxylation sites is 1. The minimum Gasteiger partial charge on any atom is -0.309 e. The first-order chi connectivity index (χ1) is 13.1. The van der Waals surface area contributed by atoms with Crippen molar-refractivity contribution in [2.45, 2.75) is 63.4 Å². The van der Waals surface area contributed by atoms with E-state index in [2.05, 4.69) is 17.7 Å². The summed E-state index contributed by atoms with van der Waals surface area (Å²) in [6.07, 6.45) is 1.86. The van der Waals surface area contributed by atoms with E-state index in [1.54, 1.807) is 24.3 Å². The summed E-state index contributed by atoms with van der Waals surface area (Å²) in [4.78, 5) is 14.9. The quantitative estimate of drug-likeness (QED) is 0.833. The van der Waals surface area contributed by atoms with E-state index in [1.807, 2.05) is 43.9 Å². The molecule has 0 bridgehead atoms. The molecule has 0 spiro atoms. The van der Waals surface area contributed by atoms with Crippen LogP contribution in [0.2, 0.25) is 0 Å². The summed E-state index contributed by atoms with van der Waals surface area (Å²) in [5.41, 5.74) is 2.63. The van der Waals surface area contributed by atoms with Gasteiger partial charge in [0.05, 0.1) is 4.90 Å². The number of benzene rings is 2. The van der Waals surface area contributed by atoms with Crippen LogP contribution < -0.4 is 9.62 Å². The van der Waals surface area contributed by atoms with Crippen LogP contribution in [0.25, 0.3) is 0 Å². The van der Waals surface area contributed by atoms with Crippen LogP contribution in [-0.4, -0.2) is 25.9 Å². The molecule has 3 rings (SSSR count). The lowest BCUT2D eigenvalue weighted by Crippen LogP contribution is -2.40. The fourth-order valence-electron chi connectivity index (χ4n) is 3.61. The summed E-state index contributed by atoms with van der Waals surface area (Å²) in [5, 5.41) is 0. The van der Waals surface area contributed by atoms with Gasteiger partial charge in [0.25, 0.3) is 0 Å². The largest absolute Gasteiger partial charge is 0.309 e. The van der Waals surface area contributed by atoms with Crippen molar-refractivity contribution >= 4 is 21.6 Å². The summed E-state index contributed by atoms with van der Waals surface area (Å²) in [7, 11) is -3.55. The molecule has 6 heteroatoms. The van der Waals surface area contributed by atoms with Crippen LogP contribution in [0, 0.1) is 0 Å². The van der Waals surface area contributed by atoms with Crippen molar-refractivity contribution in [2.24, 2.45) is 0 Å². The molecule has 1 aliphatic heterocycles. The molecule has 2 aromatic rings. The molecule has 28 heavy (non-hydrogen) atoms. The van der Waals surface area contributed by atoms with Gasteiger partial charge in [-0.2, -0.15) is 0 Å². The minimum absolute atomic E-state index is 0.101. The molecule has 1 aliphatic rings. The van der Waals surface area contributed by atoms with Crippen molar-refractivity contribution in [1.82, 2.24) is 4.72 Å². The third-order valence-electron chi connectivity index (χ3n) is 4.78. The Hall–Kier alpha value is -2.18. The third kappa shape index (κ3) is 4.62. The number of nitrogens with one attached hydrogen (secondary N) is 1. The minimum atomic E-state index is -3.55. The van der Waals surface area contributed by atoms with E-state index in [4.69, 9.17) is 0 Å². The number of hydrogen-bond acceptors (Lipinski definition) is 3. The van der Waals surface area contributed by atoms with Crippen LogP contribution >= 0.6 is 0 Å². The number of hydrogen-bond donors (Lipinski definition) is 1. The van der Waals surface area contributed by atoms with Crippen molar-refractivity contribution < 1.29 is 13.2 Å². The van der Waals surface area contributed by atoms with E-state index in [0.29, 0.717) is 12.8 Å². The highest BCUT2D eigenvalue weighted by molar-refractivity contribution is 7.89. The Balaban J connectivity index is 1.65. The van der Waals surface area contributed by atoms with Gasteiger partial charge >= 0.3 is 0 Å². The molecule has 1 N–H and O–H groups in total. The van der Waals surface area contributed by atoms with E-state index in [9.17, 15) is 13.2 Å². The molecule has 0 saturated carbocycles. The average molecular weight is 401 g/mol. The van der Waals surface area contributed by atoms with Crippen molar-refractivity contribution in [3.63, 3.8) is 0 Å². The molecular weight excluding hydrogens is 372 g/mol. The van der Waals surface area contributed by atoms with E-state index < -0.39 is 15.6 Å². The summed E-state index contributed by atoms with van der Waals surface area (Å²) in [6, 6.07) is 15.0. The fourth-order valence-corrected chi connectivity index (χ4v) is 5.03. The Morgan fingerprint density at radius 3 is 2.39 bits per heavy atom. The molecule has 1 heterocycles. The monoisotopic (exact) mass is 400 g/mol. The predicted molar refractivity (Wildman–Crippen MR) is 112 cm³/mol. The lowest BCUT2D eigenvalue weighted by molar-refractivity contribution is -0.118. The van der Waals surface area contributed by atoms with Gasteiger partial charge in [0.15, 0.2) is 0 Å². The maximum absolute atomic E-state index is 12.8. The van der Waals surface area contributed by atoms with E-state index in [0.717, 1.165) is 17.7 Å². The van der Waals surface area contributed by atoms with E-state index in [1.165, 1.54) is 5.56 Å². The molecule has 2 aromatic carbocycles. The number of sulfonamides is 1. The molecule has 1 amide bonds. The number of amides is 1. The molecule has 0 saturated heterocycles. The molecule has 1 atom stereocenters. The van der Waals surface area contributed by atoms with Gasteiger partial charge in [-0.15, -0.1) is 0 Å². The van der Waals surface area contributed by atoms with Gasteiger partial charge < -0.3 is 4.90 Å². The highest BCUT2D eigenvalue weighted by atomic mass is 32.2. The van der Waals surface area contributed by atoms with Crippen molar-refractivity contribution in [3.05, 3.63) is 59.7 Å². The van der Waals surface area contributed by atoms with Gasteiger partial charge in [-0.25, -0.2) is 13.1 Å². The smallest absolute Gasteiger partial charge is 0.241 e. The van der Waals surface area contributed by atoms with Crippen molar-refractivity contribution in [1.29, 1.82) is 0 Å². The standard InChI is InChI=1S/C22H28N2O3S/c1-16-15-18-7-5-6-8-20(18)24(16)21(25)14-11-17-9-12-19(13-10-17)28(26,27)23-22(2,3)4/h5-10,12-13,16,23H,11,14-15H2,1-4H3. The van der Waals surface area contributed by atoms with E-state index in [-0.39, 0.29) is 16.8 Å². The van der Waals surface area contributed by atoms with Crippen LogP contribution in [0.4, 0.5) is 5.69 Å². The molecular formula is C22H28N2O3S. The molecule has 0 fully saturated rings. The number of anilines is 1. The molecule has 5 nitrogen and oxygen atoms in total. The molecule has 1 unspecified atom stereocenters. The van der Waals surface area contributed by atoms with Gasteiger partial charge in [-0.05, 0) is 69.9 Å². The van der Waals surface area contributed by atoms with Crippen LogP contribution in [0.3, 0.4) is 0 Å². The zero-order chi connectivity index (χ0) is 20.5. The number of rotatable bonds is 5. The zero-order valence-electron chi connectivity index (χ0n) is 16.9. The first kappa shape index (κ1) is 20.6. The first-order valence-corrected chi connectivity index (χ1v) is 11.1. The Morgan fingerprint density at radius 2 is 1.75 bits per heavy atom. The highest BCUT2D eigenvalue weighted by Gasteiger charge is 2.30. The Morgan fingerprint density at radius 1 is 1.11 bits per heavy atom. The van der Waals surface area contributed by atoms with Gasteiger partial charge in [0, 0.05) is 23.7 Å². The van der Waals surface area contributed by atoms with Crippen molar-refractivity contribution in [3.8, 4) is 0 Å². The maximum atomic E-state index is 12.8. The molecule has 0 aliphatic carbocycles. The van der Waals surface area contributed by atoms with Gasteiger partial charge in [-0.1, -0.05) is 30.3 Å². The normalized spacial score (nSPS) is 16.9. The third-order valence-corrected chi connectivity index (χ3v) is 6.55. The number of carbonyl (C=O) groups is 1. The lowest BCUT2D eigenvalue weighted by Gasteiger charge is -2.23. The lowest BCUT2D eigenvalue weighted by atomic mass is 10.1. The van der Waals surface area contributed by atoms with Gasteiger partial charge in [-0.3, -0.25) is 4.79 Å². The Kier molecular flexibility index (Phi) is 5.64. The first-order valence-electron chi connectivity index (χ1n) is 9.60. The van der Waals surface area contributed by atoms with Crippen LogP contribution in [0.15, 0.2) is 53.4 Å². The number of nitrogens with zero attached hydrogens (tertiary/aromatic N) is 1. The summed E-state index contributed by atoms with van der Waals surface area (Å²) >= 11 is 0. The average Bonchev–Trinajstić information content (AvgIpc) is 2.94. The Bertz CT molecular complexity index is 960. The second kappa shape index (κ2) is 7.68. The second-order valence-corrected chi connectivity index (χ2v) is 10.1. The maximum Gasteiger partial charge on any atom is 0.241 e. The van der Waals surface area contributed by atoms with E-state index >= 15 is 0 Å². The zero-order valence-corrected chi connectivity index (χ0v) is 17.7. The predicted octanol–water partition coefficient (Wildman–Crippen LogP) is 3.67. The number of carbonyl (C=O) groups excluding carboxylic acids is 1. The van der Waals surface area contributed by atoms with Crippen LogP contribution in [0.5, 0.6) is 0 Å². The highest BCUT2D eigenvalue weighted by Crippen LogP contribution is 2.32. The Labute approximate surface area is 167 Å². The summed E-state index contributed by atoms with van der Waals surface area (Å²) < 4.78 is 27.4. The van der Waals surface area contributed by atoms with Crippen LogP contribution in [-0.2, 0) is 27.7 Å². The van der Waals surface area contributed by atoms with Crippen LogP contribution in [0.1, 0.15) is 45.2 Å². The molecule has 150 valence electrons. The number of fused-ring (bicyclic) bond motifs is 1. The van der Waals surface area contributed by atoms with Crippen molar-refractivity contribution in [2.75, 3.05) is 4.90 Å². The fraction of sp³-hybridized carbons (Fsp3) is 0.409. The summed E-state index contributed by atoms with van der Waals surface area (Å²) in [6.45, 7) is 7.49. The topological polar surface area (TPSA) is 66.5 Å². The SMILES string of the molecule is CC1Cc2ccccc2N1C(=O)CCc1ccc(S(=O)(=O)NC(C)(C)C)cc1. The molecule has 0 aromatic heterocycles. The summed E-state index contributed by atoms with van der Waals surface area (Å²) in [5.74, 6) is 0.101. The van der Waals surface area contributed by atoms with Gasteiger partial charge in [0.2, 0.25) is 15.9 Å². The second-order valence-electron chi connectivity index (χ2n) is 8.45. The van der Waals surface area contributed by atoms with Gasteiger partial charge in [0.1, 0.15) is 0 Å². The molecule has 0 radical (unpaired) electrons.